The lowest BCUT2D eigenvalue weighted by Gasteiger charge is -2.33. The topological polar surface area (TPSA) is 65.1 Å². The van der Waals surface area contributed by atoms with Crippen molar-refractivity contribution < 1.29 is 4.39 Å². The molecule has 2 aromatic carbocycles. The van der Waals surface area contributed by atoms with Gasteiger partial charge in [0, 0.05) is 32.2 Å². The van der Waals surface area contributed by atoms with Crippen molar-refractivity contribution in [3.63, 3.8) is 0 Å². The molecule has 2 aromatic heterocycles. The van der Waals surface area contributed by atoms with Crippen LogP contribution in [0.1, 0.15) is 18.1 Å². The largest absolute Gasteiger partial charge is 0.342 e. The molecule has 0 spiro atoms. The predicted molar refractivity (Wildman–Crippen MR) is 126 cm³/mol. The summed E-state index contributed by atoms with van der Waals surface area (Å²) in [7, 11) is 1.61. The van der Waals surface area contributed by atoms with Crippen molar-refractivity contribution in [3.8, 4) is 0 Å². The Labute approximate surface area is 190 Å². The molecule has 1 aliphatic heterocycles. The minimum Gasteiger partial charge on any atom is -0.342 e. The van der Waals surface area contributed by atoms with Gasteiger partial charge in [-0.2, -0.15) is 4.98 Å². The first-order valence-electron chi connectivity index (χ1n) is 11.2. The van der Waals surface area contributed by atoms with Gasteiger partial charge in [0.2, 0.25) is 5.95 Å². The molecule has 0 radical (unpaired) electrons. The van der Waals surface area contributed by atoms with E-state index in [2.05, 4.69) is 24.0 Å². The average molecular weight is 448 g/mol. The zero-order chi connectivity index (χ0) is 23.1. The molecule has 33 heavy (non-hydrogen) atoms. The molecule has 7 nitrogen and oxygen atoms in total. The van der Waals surface area contributed by atoms with Crippen molar-refractivity contribution in [2.75, 3.05) is 18.0 Å². The Morgan fingerprint density at radius 1 is 1.03 bits per heavy atom. The minimum atomic E-state index is -0.505. The molecular weight excluding hydrogens is 421 g/mol. The highest BCUT2D eigenvalue weighted by atomic mass is 19.1. The number of nitrogens with zero attached hydrogens (tertiary/aromatic N) is 5. The van der Waals surface area contributed by atoms with Crippen molar-refractivity contribution in [2.45, 2.75) is 26.4 Å². The number of halogens is 1. The summed E-state index contributed by atoms with van der Waals surface area (Å²) in [4.78, 5) is 33.4. The number of imidazole rings is 1. The number of hydrogen-bond donors (Lipinski definition) is 0. The van der Waals surface area contributed by atoms with Crippen molar-refractivity contribution in [3.05, 3.63) is 92.4 Å². The van der Waals surface area contributed by atoms with E-state index in [1.807, 2.05) is 22.8 Å². The number of hydrogen-bond acceptors (Lipinski definition) is 4. The summed E-state index contributed by atoms with van der Waals surface area (Å²) >= 11 is 0. The average Bonchev–Trinajstić information content (AvgIpc) is 3.20. The molecule has 170 valence electrons. The summed E-state index contributed by atoms with van der Waals surface area (Å²) in [6.07, 6.45) is 0.854. The SMILES string of the molecule is CC1CN(CCc2ccccc2)c2nc3c(c(=O)n(Cc4ccccc4F)c(=O)n3C)n2C1. The second-order valence-electron chi connectivity index (χ2n) is 8.81. The highest BCUT2D eigenvalue weighted by Crippen LogP contribution is 2.27. The number of anilines is 1. The smallest absolute Gasteiger partial charge is 0.332 e. The third kappa shape index (κ3) is 3.75. The summed E-state index contributed by atoms with van der Waals surface area (Å²) in [5.41, 5.74) is 1.34. The van der Waals surface area contributed by atoms with Crippen molar-refractivity contribution in [1.29, 1.82) is 0 Å². The Morgan fingerprint density at radius 2 is 1.76 bits per heavy atom. The van der Waals surface area contributed by atoms with E-state index in [-0.39, 0.29) is 6.54 Å². The van der Waals surface area contributed by atoms with E-state index in [0.717, 1.165) is 24.1 Å². The van der Waals surface area contributed by atoms with Crippen LogP contribution in [0.5, 0.6) is 0 Å². The molecule has 0 saturated heterocycles. The summed E-state index contributed by atoms with van der Waals surface area (Å²) in [6.45, 7) is 4.25. The maximum absolute atomic E-state index is 14.2. The monoisotopic (exact) mass is 447 g/mol. The third-order valence-corrected chi connectivity index (χ3v) is 6.32. The Hall–Kier alpha value is -3.68. The molecule has 0 amide bonds. The molecular formula is C25H26FN5O2. The van der Waals surface area contributed by atoms with Crippen molar-refractivity contribution in [2.24, 2.45) is 13.0 Å². The van der Waals surface area contributed by atoms with Crippen LogP contribution in [-0.4, -0.2) is 31.8 Å². The normalized spacial score (nSPS) is 15.7. The lowest BCUT2D eigenvalue weighted by Crippen LogP contribution is -2.41. The van der Waals surface area contributed by atoms with Gasteiger partial charge in [-0.1, -0.05) is 55.5 Å². The van der Waals surface area contributed by atoms with E-state index in [4.69, 9.17) is 4.98 Å². The Bertz CT molecular complexity index is 1440. The fourth-order valence-electron chi connectivity index (χ4n) is 4.64. The third-order valence-electron chi connectivity index (χ3n) is 6.32. The first-order valence-corrected chi connectivity index (χ1v) is 11.2. The highest BCUT2D eigenvalue weighted by Gasteiger charge is 2.29. The standard InChI is InChI=1S/C25H26FN5O2/c1-17-14-29(13-12-18-8-4-3-5-9-18)24-27-22-21(30(24)15-17)23(32)31(25(33)28(22)2)16-19-10-6-7-11-20(19)26/h3-11,17H,12-16H2,1-2H3. The first-order chi connectivity index (χ1) is 15.9. The Balaban J connectivity index is 1.60. The van der Waals surface area contributed by atoms with E-state index in [1.165, 1.54) is 16.2 Å². The molecule has 3 heterocycles. The van der Waals surface area contributed by atoms with Gasteiger partial charge in [-0.25, -0.2) is 9.18 Å². The van der Waals surface area contributed by atoms with E-state index in [0.29, 0.717) is 35.1 Å². The summed E-state index contributed by atoms with van der Waals surface area (Å²) < 4.78 is 18.7. The quantitative estimate of drug-likeness (QED) is 0.472. The van der Waals surface area contributed by atoms with Gasteiger partial charge in [-0.15, -0.1) is 0 Å². The van der Waals surface area contributed by atoms with Crippen LogP contribution in [0.15, 0.2) is 64.2 Å². The number of aromatic nitrogens is 4. The molecule has 8 heteroatoms. The molecule has 0 bridgehead atoms. The fourth-order valence-corrected chi connectivity index (χ4v) is 4.64. The van der Waals surface area contributed by atoms with Gasteiger partial charge in [0.25, 0.3) is 5.56 Å². The number of benzene rings is 2. The van der Waals surface area contributed by atoms with Gasteiger partial charge < -0.3 is 9.47 Å². The zero-order valence-corrected chi connectivity index (χ0v) is 18.7. The van der Waals surface area contributed by atoms with E-state index >= 15 is 0 Å². The lowest BCUT2D eigenvalue weighted by atomic mass is 10.1. The van der Waals surface area contributed by atoms with E-state index < -0.39 is 17.1 Å². The van der Waals surface area contributed by atoms with Crippen LogP contribution in [-0.2, 0) is 26.6 Å². The van der Waals surface area contributed by atoms with Crippen LogP contribution in [0, 0.1) is 11.7 Å². The van der Waals surface area contributed by atoms with Gasteiger partial charge in [0.05, 0.1) is 6.54 Å². The Morgan fingerprint density at radius 3 is 2.52 bits per heavy atom. The molecule has 5 rings (SSSR count). The fraction of sp³-hybridized carbons (Fsp3) is 0.320. The number of fused-ring (bicyclic) bond motifs is 3. The molecule has 1 aliphatic rings. The van der Waals surface area contributed by atoms with Gasteiger partial charge in [0.1, 0.15) is 5.82 Å². The molecule has 1 atom stereocenters. The van der Waals surface area contributed by atoms with Gasteiger partial charge in [0.15, 0.2) is 11.2 Å². The second-order valence-corrected chi connectivity index (χ2v) is 8.81. The van der Waals surface area contributed by atoms with Crippen LogP contribution in [0.3, 0.4) is 0 Å². The number of rotatable bonds is 5. The highest BCUT2D eigenvalue weighted by molar-refractivity contribution is 5.75. The maximum atomic E-state index is 14.2. The van der Waals surface area contributed by atoms with Crippen LogP contribution in [0.25, 0.3) is 11.2 Å². The van der Waals surface area contributed by atoms with Crippen LogP contribution in [0.4, 0.5) is 10.3 Å². The van der Waals surface area contributed by atoms with E-state index in [9.17, 15) is 14.0 Å². The Kier molecular flexibility index (Phi) is 5.36. The number of aryl methyl sites for hydroxylation is 1. The van der Waals surface area contributed by atoms with Gasteiger partial charge >= 0.3 is 5.69 Å². The molecule has 0 saturated carbocycles. The van der Waals surface area contributed by atoms with Gasteiger partial charge in [-0.3, -0.25) is 13.9 Å². The van der Waals surface area contributed by atoms with E-state index in [1.54, 1.807) is 25.2 Å². The van der Waals surface area contributed by atoms with Crippen molar-refractivity contribution >= 4 is 17.1 Å². The van der Waals surface area contributed by atoms with Crippen LogP contribution >= 0.6 is 0 Å². The zero-order valence-electron chi connectivity index (χ0n) is 18.7. The lowest BCUT2D eigenvalue weighted by molar-refractivity contribution is 0.436. The maximum Gasteiger partial charge on any atom is 0.332 e. The predicted octanol–water partition coefficient (Wildman–Crippen LogP) is 2.78. The van der Waals surface area contributed by atoms with Gasteiger partial charge in [-0.05, 0) is 24.0 Å². The molecule has 0 N–H and O–H groups in total. The second kappa shape index (κ2) is 8.35. The first kappa shape index (κ1) is 21.2. The summed E-state index contributed by atoms with van der Waals surface area (Å²) in [5, 5.41) is 0. The summed E-state index contributed by atoms with van der Waals surface area (Å²) in [6, 6.07) is 16.4. The molecule has 0 aliphatic carbocycles. The molecule has 0 fully saturated rings. The van der Waals surface area contributed by atoms with Crippen LogP contribution in [0.2, 0.25) is 0 Å². The summed E-state index contributed by atoms with van der Waals surface area (Å²) in [5.74, 6) is 0.569. The molecule has 4 aromatic rings. The molecule has 1 unspecified atom stereocenters. The minimum absolute atomic E-state index is 0.123. The van der Waals surface area contributed by atoms with Crippen molar-refractivity contribution in [1.82, 2.24) is 18.7 Å². The van der Waals surface area contributed by atoms with Crippen LogP contribution < -0.4 is 16.1 Å².